The Bertz CT molecular complexity index is 810. The summed E-state index contributed by atoms with van der Waals surface area (Å²) in [4.78, 5) is 7.11. The average Bonchev–Trinajstić information content (AvgIpc) is 3.31. The first kappa shape index (κ1) is 16.1. The number of imidazole rings is 1. The molecule has 1 aliphatic heterocycles. The summed E-state index contributed by atoms with van der Waals surface area (Å²) >= 11 is 0. The first-order valence-electron chi connectivity index (χ1n) is 8.67. The lowest BCUT2D eigenvalue weighted by atomic mass is 9.89. The van der Waals surface area contributed by atoms with Crippen molar-refractivity contribution in [2.45, 2.75) is 25.6 Å². The first-order valence-corrected chi connectivity index (χ1v) is 8.67. The number of aromatic nitrogens is 2. The summed E-state index contributed by atoms with van der Waals surface area (Å²) in [6.07, 6.45) is 5.67. The predicted octanol–water partition coefficient (Wildman–Crippen LogP) is 3.27. The van der Waals surface area contributed by atoms with Gasteiger partial charge >= 0.3 is 0 Å². The molecule has 130 valence electrons. The summed E-state index contributed by atoms with van der Waals surface area (Å²) in [5, 5.41) is 0. The Kier molecular flexibility index (Phi) is 4.68. The van der Waals surface area contributed by atoms with E-state index < -0.39 is 0 Å². The van der Waals surface area contributed by atoms with E-state index >= 15 is 0 Å². The number of fused-ring (bicyclic) bond motifs is 1. The van der Waals surface area contributed by atoms with Crippen LogP contribution >= 0.6 is 0 Å². The van der Waals surface area contributed by atoms with Crippen molar-refractivity contribution in [3.63, 3.8) is 0 Å². The van der Waals surface area contributed by atoms with Gasteiger partial charge in [0, 0.05) is 39.1 Å². The van der Waals surface area contributed by atoms with Crippen LogP contribution in [-0.4, -0.2) is 34.7 Å². The van der Waals surface area contributed by atoms with Crippen LogP contribution in [0.3, 0.4) is 0 Å². The normalized spacial score (nSPS) is 17.6. The molecule has 3 aromatic rings. The van der Waals surface area contributed by atoms with Crippen molar-refractivity contribution in [3.8, 4) is 0 Å². The molecule has 0 fully saturated rings. The molecule has 1 atom stereocenters. The van der Waals surface area contributed by atoms with Gasteiger partial charge in [-0.15, -0.1) is 0 Å². The molecule has 5 nitrogen and oxygen atoms in total. The van der Waals surface area contributed by atoms with Gasteiger partial charge in [0.2, 0.25) is 0 Å². The number of ether oxygens (including phenoxy) is 1. The van der Waals surface area contributed by atoms with Crippen molar-refractivity contribution in [2.24, 2.45) is 0 Å². The van der Waals surface area contributed by atoms with Gasteiger partial charge in [0.05, 0.1) is 25.3 Å². The van der Waals surface area contributed by atoms with Crippen LogP contribution in [-0.2, 0) is 24.4 Å². The molecule has 25 heavy (non-hydrogen) atoms. The van der Waals surface area contributed by atoms with Crippen LogP contribution in [0.5, 0.6) is 0 Å². The molecule has 0 spiro atoms. The van der Waals surface area contributed by atoms with Crippen molar-refractivity contribution in [1.29, 1.82) is 0 Å². The van der Waals surface area contributed by atoms with E-state index in [1.165, 1.54) is 11.1 Å². The molecule has 2 aromatic heterocycles. The highest BCUT2D eigenvalue weighted by molar-refractivity contribution is 5.37. The van der Waals surface area contributed by atoms with Gasteiger partial charge in [0.25, 0.3) is 0 Å². The number of benzene rings is 1. The van der Waals surface area contributed by atoms with Gasteiger partial charge in [-0.05, 0) is 23.3 Å². The summed E-state index contributed by atoms with van der Waals surface area (Å²) in [6.45, 7) is 4.20. The van der Waals surface area contributed by atoms with E-state index in [9.17, 15) is 0 Å². The molecule has 1 aromatic carbocycles. The van der Waals surface area contributed by atoms with Gasteiger partial charge in [-0.2, -0.15) is 0 Å². The van der Waals surface area contributed by atoms with E-state index in [0.717, 1.165) is 37.8 Å². The maximum absolute atomic E-state index is 5.55. The Morgan fingerprint density at radius 3 is 3.00 bits per heavy atom. The number of rotatable bonds is 6. The zero-order chi connectivity index (χ0) is 17.1. The maximum atomic E-state index is 5.55. The van der Waals surface area contributed by atoms with Gasteiger partial charge in [-0.25, -0.2) is 4.98 Å². The van der Waals surface area contributed by atoms with Crippen molar-refractivity contribution in [1.82, 2.24) is 14.5 Å². The number of nitrogens with zero attached hydrogens (tertiary/aromatic N) is 3. The number of furan rings is 1. The molecule has 0 amide bonds. The van der Waals surface area contributed by atoms with Crippen LogP contribution in [0.15, 0.2) is 59.5 Å². The SMILES string of the molecule is COCCn1ccnc1[C@H]1CN(Cc2ccco2)Cc2ccccc21. The quantitative estimate of drug-likeness (QED) is 0.692. The average molecular weight is 337 g/mol. The van der Waals surface area contributed by atoms with Crippen molar-refractivity contribution in [3.05, 3.63) is 77.8 Å². The Hall–Kier alpha value is -2.37. The van der Waals surface area contributed by atoms with Crippen LogP contribution in [0.1, 0.15) is 28.6 Å². The van der Waals surface area contributed by atoms with E-state index in [1.54, 1.807) is 13.4 Å². The largest absolute Gasteiger partial charge is 0.468 e. The molecular formula is C20H23N3O2. The molecule has 0 unspecified atom stereocenters. The molecule has 1 aliphatic rings. The van der Waals surface area contributed by atoms with Gasteiger partial charge in [-0.1, -0.05) is 24.3 Å². The smallest absolute Gasteiger partial charge is 0.117 e. The summed E-state index contributed by atoms with van der Waals surface area (Å²) < 4.78 is 13.0. The van der Waals surface area contributed by atoms with Gasteiger partial charge < -0.3 is 13.7 Å². The van der Waals surface area contributed by atoms with E-state index in [-0.39, 0.29) is 5.92 Å². The van der Waals surface area contributed by atoms with Crippen LogP contribution in [0.2, 0.25) is 0 Å². The minimum Gasteiger partial charge on any atom is -0.468 e. The highest BCUT2D eigenvalue weighted by Crippen LogP contribution is 2.33. The zero-order valence-electron chi connectivity index (χ0n) is 14.5. The maximum Gasteiger partial charge on any atom is 0.117 e. The monoisotopic (exact) mass is 337 g/mol. The second-order valence-electron chi connectivity index (χ2n) is 6.47. The molecule has 0 N–H and O–H groups in total. The first-order chi connectivity index (χ1) is 12.3. The van der Waals surface area contributed by atoms with Gasteiger partial charge in [0.15, 0.2) is 0 Å². The lowest BCUT2D eigenvalue weighted by Crippen LogP contribution is -2.34. The predicted molar refractivity (Wildman–Crippen MR) is 95.2 cm³/mol. The number of methoxy groups -OCH3 is 1. The molecule has 3 heterocycles. The van der Waals surface area contributed by atoms with Crippen LogP contribution in [0, 0.1) is 0 Å². The minimum absolute atomic E-state index is 0.256. The third kappa shape index (κ3) is 3.38. The van der Waals surface area contributed by atoms with Gasteiger partial charge in [-0.3, -0.25) is 4.90 Å². The van der Waals surface area contributed by atoms with E-state index in [0.29, 0.717) is 6.61 Å². The minimum atomic E-state index is 0.256. The highest BCUT2D eigenvalue weighted by Gasteiger charge is 2.29. The summed E-state index contributed by atoms with van der Waals surface area (Å²) in [6, 6.07) is 12.7. The van der Waals surface area contributed by atoms with E-state index in [1.807, 2.05) is 24.5 Å². The second-order valence-corrected chi connectivity index (χ2v) is 6.47. The fourth-order valence-corrected chi connectivity index (χ4v) is 3.65. The fourth-order valence-electron chi connectivity index (χ4n) is 3.65. The van der Waals surface area contributed by atoms with E-state index in [2.05, 4.69) is 38.7 Å². The molecule has 4 rings (SSSR count). The van der Waals surface area contributed by atoms with E-state index in [4.69, 9.17) is 9.15 Å². The van der Waals surface area contributed by atoms with Crippen molar-refractivity contribution >= 4 is 0 Å². The molecule has 0 aliphatic carbocycles. The van der Waals surface area contributed by atoms with Crippen molar-refractivity contribution < 1.29 is 9.15 Å². The molecule has 0 bridgehead atoms. The molecule has 5 heteroatoms. The summed E-state index contributed by atoms with van der Waals surface area (Å²) in [7, 11) is 1.73. The van der Waals surface area contributed by atoms with Crippen LogP contribution < -0.4 is 0 Å². The highest BCUT2D eigenvalue weighted by atomic mass is 16.5. The van der Waals surface area contributed by atoms with Crippen molar-refractivity contribution in [2.75, 3.05) is 20.3 Å². The topological polar surface area (TPSA) is 43.4 Å². The molecule has 0 saturated carbocycles. The Morgan fingerprint density at radius 2 is 2.16 bits per heavy atom. The lowest BCUT2D eigenvalue weighted by molar-refractivity contribution is 0.183. The number of hydrogen-bond acceptors (Lipinski definition) is 4. The third-order valence-corrected chi connectivity index (χ3v) is 4.82. The standard InChI is InChI=1S/C20H23N3O2/c1-24-12-10-23-9-8-21-20(23)19-15-22(14-17-6-4-11-25-17)13-16-5-2-3-7-18(16)19/h2-9,11,19H,10,12-15H2,1H3/t19-/m0/s1. The summed E-state index contributed by atoms with van der Waals surface area (Å²) in [5.41, 5.74) is 2.75. The Morgan fingerprint density at radius 1 is 1.24 bits per heavy atom. The fraction of sp³-hybridized carbons (Fsp3) is 0.350. The zero-order valence-corrected chi connectivity index (χ0v) is 14.5. The second kappa shape index (κ2) is 7.25. The summed E-state index contributed by atoms with van der Waals surface area (Å²) in [5.74, 6) is 2.36. The molecule has 0 saturated heterocycles. The lowest BCUT2D eigenvalue weighted by Gasteiger charge is -2.34. The van der Waals surface area contributed by atoms with Gasteiger partial charge in [0.1, 0.15) is 11.6 Å². The van der Waals surface area contributed by atoms with Crippen LogP contribution in [0.4, 0.5) is 0 Å². The molecule has 0 radical (unpaired) electrons. The Labute approximate surface area is 147 Å². The van der Waals surface area contributed by atoms with Crippen LogP contribution in [0.25, 0.3) is 0 Å². The third-order valence-electron chi connectivity index (χ3n) is 4.82. The molecular weight excluding hydrogens is 314 g/mol. The number of hydrogen-bond donors (Lipinski definition) is 0. The Balaban J connectivity index is 1.64.